The molecule has 1 amide bonds. The second-order valence-electron chi connectivity index (χ2n) is 4.47. The Bertz CT molecular complexity index is 433. The molecule has 1 fully saturated rings. The number of rotatable bonds is 3. The number of anilines is 2. The van der Waals surface area contributed by atoms with Crippen LogP contribution in [0, 0.1) is 5.92 Å². The van der Waals surface area contributed by atoms with Gasteiger partial charge in [0.15, 0.2) is 0 Å². The normalized spacial score (nSPS) is 19.6. The molecule has 1 aromatic rings. The smallest absolute Gasteiger partial charge is 0.250 e. The zero-order valence-electron chi connectivity index (χ0n) is 9.73. The summed E-state index contributed by atoms with van der Waals surface area (Å²) in [7, 11) is 0. The number of amides is 1. The molecule has 1 aliphatic rings. The molecule has 1 aromatic carbocycles. The third-order valence-corrected chi connectivity index (χ3v) is 3.29. The lowest BCUT2D eigenvalue weighted by molar-refractivity contribution is 0.100. The van der Waals surface area contributed by atoms with Crippen molar-refractivity contribution in [1.29, 1.82) is 0 Å². The van der Waals surface area contributed by atoms with Gasteiger partial charge in [0.1, 0.15) is 0 Å². The highest BCUT2D eigenvalue weighted by Crippen LogP contribution is 2.26. The molecule has 1 atom stereocenters. The van der Waals surface area contributed by atoms with E-state index >= 15 is 0 Å². The molecule has 5 heteroatoms. The first kappa shape index (κ1) is 11.7. The van der Waals surface area contributed by atoms with Crippen molar-refractivity contribution < 1.29 is 4.79 Å². The molecule has 6 N–H and O–H groups in total. The van der Waals surface area contributed by atoms with Crippen molar-refractivity contribution in [2.45, 2.75) is 6.42 Å². The number of primary amides is 1. The molecule has 0 bridgehead atoms. The van der Waals surface area contributed by atoms with E-state index in [1.807, 2.05) is 6.07 Å². The van der Waals surface area contributed by atoms with Crippen LogP contribution in [0.25, 0.3) is 0 Å². The summed E-state index contributed by atoms with van der Waals surface area (Å²) in [5.41, 5.74) is 18.4. The molecule has 0 saturated carbocycles. The van der Waals surface area contributed by atoms with E-state index < -0.39 is 5.91 Å². The molecule has 1 aliphatic heterocycles. The van der Waals surface area contributed by atoms with Crippen molar-refractivity contribution in [3.8, 4) is 0 Å². The minimum atomic E-state index is -0.487. The van der Waals surface area contributed by atoms with Gasteiger partial charge in [-0.05, 0) is 37.1 Å². The molecule has 1 saturated heterocycles. The zero-order valence-corrected chi connectivity index (χ0v) is 9.73. The molecular formula is C12H18N4O. The third kappa shape index (κ3) is 2.34. The number of carbonyl (C=O) groups is 1. The topological polar surface area (TPSA) is 98.4 Å². The first-order valence-corrected chi connectivity index (χ1v) is 5.76. The first-order valence-electron chi connectivity index (χ1n) is 5.76. The van der Waals surface area contributed by atoms with Gasteiger partial charge in [-0.1, -0.05) is 0 Å². The van der Waals surface area contributed by atoms with Crippen LogP contribution >= 0.6 is 0 Å². The van der Waals surface area contributed by atoms with Crippen LogP contribution in [-0.4, -0.2) is 25.5 Å². The van der Waals surface area contributed by atoms with Crippen LogP contribution < -0.4 is 22.1 Å². The van der Waals surface area contributed by atoms with Gasteiger partial charge in [-0.25, -0.2) is 0 Å². The number of nitrogens with two attached hydrogens (primary N) is 3. The molecule has 2 rings (SSSR count). The molecule has 0 unspecified atom stereocenters. The van der Waals surface area contributed by atoms with E-state index in [2.05, 4.69) is 4.90 Å². The predicted molar refractivity (Wildman–Crippen MR) is 68.7 cm³/mol. The van der Waals surface area contributed by atoms with Gasteiger partial charge in [-0.3, -0.25) is 4.79 Å². The summed E-state index contributed by atoms with van der Waals surface area (Å²) in [6, 6.07) is 5.41. The van der Waals surface area contributed by atoms with Gasteiger partial charge in [-0.2, -0.15) is 0 Å². The van der Waals surface area contributed by atoms with E-state index in [9.17, 15) is 4.79 Å². The molecule has 92 valence electrons. The van der Waals surface area contributed by atoms with Gasteiger partial charge in [-0.15, -0.1) is 0 Å². The van der Waals surface area contributed by atoms with Crippen LogP contribution in [0.3, 0.4) is 0 Å². The maximum Gasteiger partial charge on any atom is 0.250 e. The summed E-state index contributed by atoms with van der Waals surface area (Å²) in [5, 5.41) is 0. The van der Waals surface area contributed by atoms with Gasteiger partial charge >= 0.3 is 0 Å². The van der Waals surface area contributed by atoms with Crippen molar-refractivity contribution >= 4 is 17.3 Å². The Kier molecular flexibility index (Phi) is 3.19. The predicted octanol–water partition coefficient (Wildman–Crippen LogP) is 0.153. The first-order chi connectivity index (χ1) is 8.11. The Hall–Kier alpha value is -1.75. The average molecular weight is 234 g/mol. The monoisotopic (exact) mass is 234 g/mol. The summed E-state index contributed by atoms with van der Waals surface area (Å²) < 4.78 is 0. The van der Waals surface area contributed by atoms with Crippen LogP contribution in [0.5, 0.6) is 0 Å². The van der Waals surface area contributed by atoms with Crippen molar-refractivity contribution in [2.24, 2.45) is 17.4 Å². The van der Waals surface area contributed by atoms with E-state index in [1.165, 1.54) is 0 Å². The van der Waals surface area contributed by atoms with Gasteiger partial charge in [0.25, 0.3) is 5.91 Å². The van der Waals surface area contributed by atoms with Gasteiger partial charge < -0.3 is 22.1 Å². The number of nitrogens with zero attached hydrogens (tertiary/aromatic N) is 1. The van der Waals surface area contributed by atoms with Crippen LogP contribution in [0.4, 0.5) is 11.4 Å². The van der Waals surface area contributed by atoms with E-state index in [0.717, 1.165) is 25.2 Å². The van der Waals surface area contributed by atoms with Crippen molar-refractivity contribution in [3.63, 3.8) is 0 Å². The summed E-state index contributed by atoms with van der Waals surface area (Å²) in [5.74, 6) is 0.0449. The molecule has 0 radical (unpaired) electrons. The minimum absolute atomic E-state index is 0.388. The lowest BCUT2D eigenvalue weighted by atomic mass is 10.1. The Morgan fingerprint density at radius 2 is 2.24 bits per heavy atom. The second-order valence-corrected chi connectivity index (χ2v) is 4.47. The fourth-order valence-electron chi connectivity index (χ4n) is 2.21. The third-order valence-electron chi connectivity index (χ3n) is 3.29. The number of hydrogen-bond acceptors (Lipinski definition) is 4. The average Bonchev–Trinajstić information content (AvgIpc) is 2.78. The number of carbonyl (C=O) groups excluding carboxylic acids is 1. The summed E-state index contributed by atoms with van der Waals surface area (Å²) in [6.45, 7) is 2.59. The quantitative estimate of drug-likeness (QED) is 0.648. The molecule has 5 nitrogen and oxygen atoms in total. The highest BCUT2D eigenvalue weighted by molar-refractivity contribution is 5.99. The van der Waals surface area contributed by atoms with Crippen LogP contribution in [0.2, 0.25) is 0 Å². The molecular weight excluding hydrogens is 216 g/mol. The second kappa shape index (κ2) is 4.63. The number of benzene rings is 1. The van der Waals surface area contributed by atoms with Crippen molar-refractivity contribution in [2.75, 3.05) is 30.3 Å². The maximum atomic E-state index is 11.2. The highest BCUT2D eigenvalue weighted by Gasteiger charge is 2.22. The van der Waals surface area contributed by atoms with Gasteiger partial charge in [0, 0.05) is 24.5 Å². The lowest BCUT2D eigenvalue weighted by Gasteiger charge is -2.19. The number of nitrogen functional groups attached to an aromatic ring is 1. The SMILES string of the molecule is NC[C@@H]1CCN(c2ccc(N)c(C(N)=O)c2)C1. The minimum Gasteiger partial charge on any atom is -0.398 e. The number of hydrogen-bond donors (Lipinski definition) is 3. The van der Waals surface area contributed by atoms with Crippen LogP contribution in [0.1, 0.15) is 16.8 Å². The van der Waals surface area contributed by atoms with Gasteiger partial charge in [0.2, 0.25) is 0 Å². The maximum absolute atomic E-state index is 11.2. The van der Waals surface area contributed by atoms with Gasteiger partial charge in [0.05, 0.1) is 5.56 Å². The fraction of sp³-hybridized carbons (Fsp3) is 0.417. The van der Waals surface area contributed by atoms with E-state index in [0.29, 0.717) is 23.7 Å². The lowest BCUT2D eigenvalue weighted by Crippen LogP contribution is -2.23. The van der Waals surface area contributed by atoms with E-state index in [-0.39, 0.29) is 0 Å². The van der Waals surface area contributed by atoms with E-state index in [4.69, 9.17) is 17.2 Å². The summed E-state index contributed by atoms with van der Waals surface area (Å²) in [4.78, 5) is 13.4. The standard InChI is InChI=1S/C12H18N4O/c13-6-8-3-4-16(7-8)9-1-2-11(14)10(5-9)12(15)17/h1-2,5,8H,3-4,6-7,13-14H2,(H2,15,17)/t8-/m0/s1. The zero-order chi connectivity index (χ0) is 12.4. The Morgan fingerprint density at radius 3 is 2.82 bits per heavy atom. The molecule has 0 aliphatic carbocycles. The largest absolute Gasteiger partial charge is 0.398 e. The molecule has 0 aromatic heterocycles. The summed E-state index contributed by atoms with van der Waals surface area (Å²) >= 11 is 0. The van der Waals surface area contributed by atoms with Crippen molar-refractivity contribution in [3.05, 3.63) is 23.8 Å². The molecule has 17 heavy (non-hydrogen) atoms. The molecule has 1 heterocycles. The Morgan fingerprint density at radius 1 is 1.47 bits per heavy atom. The Labute approximate surface area is 101 Å². The van der Waals surface area contributed by atoms with E-state index in [1.54, 1.807) is 12.1 Å². The highest BCUT2D eigenvalue weighted by atomic mass is 16.1. The van der Waals surface area contributed by atoms with Crippen LogP contribution in [0.15, 0.2) is 18.2 Å². The Balaban J connectivity index is 2.22. The summed E-state index contributed by atoms with van der Waals surface area (Å²) in [6.07, 6.45) is 1.09. The fourth-order valence-corrected chi connectivity index (χ4v) is 2.21. The molecule has 0 spiro atoms. The van der Waals surface area contributed by atoms with Crippen LogP contribution in [-0.2, 0) is 0 Å². The van der Waals surface area contributed by atoms with Crippen molar-refractivity contribution in [1.82, 2.24) is 0 Å².